The highest BCUT2D eigenvalue weighted by molar-refractivity contribution is 5.98. The van der Waals surface area contributed by atoms with Crippen LogP contribution in [0.3, 0.4) is 0 Å². The van der Waals surface area contributed by atoms with E-state index in [2.05, 4.69) is 5.32 Å². The van der Waals surface area contributed by atoms with Gasteiger partial charge in [-0.2, -0.15) is 0 Å². The van der Waals surface area contributed by atoms with Crippen molar-refractivity contribution >= 4 is 17.5 Å². The molecule has 0 aliphatic rings. The molecule has 19 heavy (non-hydrogen) atoms. The highest BCUT2D eigenvalue weighted by atomic mass is 19.1. The Bertz CT molecular complexity index is 518. The van der Waals surface area contributed by atoms with Crippen LogP contribution in [0.15, 0.2) is 12.1 Å². The number of nitrogens with one attached hydrogen (secondary N) is 1. The molecule has 0 saturated heterocycles. The van der Waals surface area contributed by atoms with E-state index in [1.54, 1.807) is 13.8 Å². The SMILES string of the molecule is CC(C)C(NC(=O)c1cc(F)cc(N)c1F)C(N)=O. The number of anilines is 1. The van der Waals surface area contributed by atoms with Crippen LogP contribution < -0.4 is 16.8 Å². The molecule has 0 aliphatic heterocycles. The van der Waals surface area contributed by atoms with E-state index in [-0.39, 0.29) is 5.92 Å². The van der Waals surface area contributed by atoms with E-state index >= 15 is 0 Å². The molecule has 5 N–H and O–H groups in total. The first-order valence-electron chi connectivity index (χ1n) is 5.58. The van der Waals surface area contributed by atoms with Gasteiger partial charge in [0.1, 0.15) is 11.9 Å². The zero-order valence-electron chi connectivity index (χ0n) is 10.5. The van der Waals surface area contributed by atoms with Gasteiger partial charge < -0.3 is 16.8 Å². The number of nitrogen functional groups attached to an aromatic ring is 1. The standard InChI is InChI=1S/C12H15F2N3O2/c1-5(2)10(11(16)18)17-12(19)7-3-6(13)4-8(15)9(7)14/h3-5,10H,15H2,1-2H3,(H2,16,18)(H,17,19). The highest BCUT2D eigenvalue weighted by Gasteiger charge is 2.24. The Morgan fingerprint density at radius 3 is 2.32 bits per heavy atom. The van der Waals surface area contributed by atoms with Crippen molar-refractivity contribution in [1.82, 2.24) is 5.32 Å². The molecule has 1 atom stereocenters. The van der Waals surface area contributed by atoms with E-state index in [9.17, 15) is 18.4 Å². The monoisotopic (exact) mass is 271 g/mol. The summed E-state index contributed by atoms with van der Waals surface area (Å²) in [6, 6.07) is 0.496. The third-order valence-corrected chi connectivity index (χ3v) is 2.57. The fourth-order valence-electron chi connectivity index (χ4n) is 1.56. The average molecular weight is 271 g/mol. The minimum absolute atomic E-state index is 0.282. The lowest BCUT2D eigenvalue weighted by Gasteiger charge is -2.19. The Kier molecular flexibility index (Phi) is 4.42. The van der Waals surface area contributed by atoms with Crippen LogP contribution in [0, 0.1) is 17.6 Å². The van der Waals surface area contributed by atoms with Gasteiger partial charge in [-0.1, -0.05) is 13.8 Å². The molecular weight excluding hydrogens is 256 g/mol. The molecule has 0 saturated carbocycles. The predicted octanol–water partition coefficient (Wildman–Crippen LogP) is 0.787. The second kappa shape index (κ2) is 5.64. The number of amides is 2. The van der Waals surface area contributed by atoms with Gasteiger partial charge in [-0.25, -0.2) is 8.78 Å². The van der Waals surface area contributed by atoms with Crippen molar-refractivity contribution < 1.29 is 18.4 Å². The smallest absolute Gasteiger partial charge is 0.255 e. The van der Waals surface area contributed by atoms with Crippen molar-refractivity contribution in [2.45, 2.75) is 19.9 Å². The van der Waals surface area contributed by atoms with Gasteiger partial charge in [0.05, 0.1) is 11.3 Å². The molecular formula is C12H15F2N3O2. The molecule has 104 valence electrons. The number of primary amides is 1. The largest absolute Gasteiger partial charge is 0.396 e. The Balaban J connectivity index is 3.04. The second-order valence-corrected chi connectivity index (χ2v) is 4.45. The molecule has 0 radical (unpaired) electrons. The van der Waals surface area contributed by atoms with Crippen molar-refractivity contribution in [2.24, 2.45) is 11.7 Å². The summed E-state index contributed by atoms with van der Waals surface area (Å²) in [6.07, 6.45) is 0. The van der Waals surface area contributed by atoms with E-state index in [0.29, 0.717) is 6.07 Å². The molecule has 0 aliphatic carbocycles. The predicted molar refractivity (Wildman–Crippen MR) is 66.1 cm³/mol. The summed E-state index contributed by atoms with van der Waals surface area (Å²) in [5.74, 6) is -3.86. The molecule has 0 bridgehead atoms. The molecule has 1 aromatic carbocycles. The van der Waals surface area contributed by atoms with Gasteiger partial charge in [-0.3, -0.25) is 9.59 Å². The molecule has 0 aromatic heterocycles. The molecule has 7 heteroatoms. The number of carbonyl (C=O) groups is 2. The van der Waals surface area contributed by atoms with E-state index < -0.39 is 40.7 Å². The van der Waals surface area contributed by atoms with Crippen LogP contribution in [-0.2, 0) is 4.79 Å². The average Bonchev–Trinajstić information content (AvgIpc) is 2.29. The van der Waals surface area contributed by atoms with Crippen molar-refractivity contribution in [2.75, 3.05) is 5.73 Å². The maximum Gasteiger partial charge on any atom is 0.255 e. The van der Waals surface area contributed by atoms with E-state index in [1.165, 1.54) is 0 Å². The van der Waals surface area contributed by atoms with Crippen molar-refractivity contribution in [1.29, 1.82) is 0 Å². The summed E-state index contributed by atoms with van der Waals surface area (Å²) >= 11 is 0. The van der Waals surface area contributed by atoms with Gasteiger partial charge in [-0.05, 0) is 18.1 Å². The number of hydrogen-bond acceptors (Lipinski definition) is 3. The van der Waals surface area contributed by atoms with Crippen LogP contribution in [0.4, 0.5) is 14.5 Å². The maximum absolute atomic E-state index is 13.6. The number of rotatable bonds is 4. The quantitative estimate of drug-likeness (QED) is 0.706. The summed E-state index contributed by atoms with van der Waals surface area (Å²) in [4.78, 5) is 22.9. The van der Waals surface area contributed by atoms with Crippen LogP contribution in [-0.4, -0.2) is 17.9 Å². The van der Waals surface area contributed by atoms with Crippen molar-refractivity contribution in [3.05, 3.63) is 29.3 Å². The molecule has 1 aromatic rings. The molecule has 1 unspecified atom stereocenters. The van der Waals surface area contributed by atoms with Crippen LogP contribution in [0.2, 0.25) is 0 Å². The van der Waals surface area contributed by atoms with Crippen LogP contribution in [0.25, 0.3) is 0 Å². The zero-order valence-corrected chi connectivity index (χ0v) is 10.5. The van der Waals surface area contributed by atoms with Gasteiger partial charge >= 0.3 is 0 Å². The van der Waals surface area contributed by atoms with Crippen molar-refractivity contribution in [3.63, 3.8) is 0 Å². The molecule has 0 spiro atoms. The summed E-state index contributed by atoms with van der Waals surface area (Å²) in [5, 5.41) is 2.25. The minimum Gasteiger partial charge on any atom is -0.396 e. The second-order valence-electron chi connectivity index (χ2n) is 4.45. The normalized spacial score (nSPS) is 12.3. The topological polar surface area (TPSA) is 98.2 Å². The number of nitrogens with two attached hydrogens (primary N) is 2. The van der Waals surface area contributed by atoms with Gasteiger partial charge in [0.25, 0.3) is 5.91 Å². The summed E-state index contributed by atoms with van der Waals surface area (Å²) in [6.45, 7) is 3.32. The van der Waals surface area contributed by atoms with Gasteiger partial charge in [-0.15, -0.1) is 0 Å². The third kappa shape index (κ3) is 3.40. The Morgan fingerprint density at radius 1 is 1.26 bits per heavy atom. The number of hydrogen-bond donors (Lipinski definition) is 3. The first kappa shape index (κ1) is 14.9. The van der Waals surface area contributed by atoms with Gasteiger partial charge in [0.15, 0.2) is 5.82 Å². The first-order chi connectivity index (χ1) is 8.73. The third-order valence-electron chi connectivity index (χ3n) is 2.57. The van der Waals surface area contributed by atoms with Crippen LogP contribution >= 0.6 is 0 Å². The van der Waals surface area contributed by atoms with Gasteiger partial charge in [0.2, 0.25) is 5.91 Å². The zero-order chi connectivity index (χ0) is 14.7. The van der Waals surface area contributed by atoms with Crippen LogP contribution in [0.1, 0.15) is 24.2 Å². The molecule has 0 heterocycles. The lowest BCUT2D eigenvalue weighted by atomic mass is 10.0. The summed E-state index contributed by atoms with van der Waals surface area (Å²) < 4.78 is 26.7. The molecule has 0 fully saturated rings. The Morgan fingerprint density at radius 2 is 1.84 bits per heavy atom. The van der Waals surface area contributed by atoms with E-state index in [0.717, 1.165) is 6.07 Å². The lowest BCUT2D eigenvalue weighted by Crippen LogP contribution is -2.47. The van der Waals surface area contributed by atoms with Gasteiger partial charge in [0, 0.05) is 0 Å². The summed E-state index contributed by atoms with van der Waals surface area (Å²) in [7, 11) is 0. The lowest BCUT2D eigenvalue weighted by molar-refractivity contribution is -0.120. The molecule has 5 nitrogen and oxygen atoms in total. The van der Waals surface area contributed by atoms with Crippen molar-refractivity contribution in [3.8, 4) is 0 Å². The van der Waals surface area contributed by atoms with E-state index in [4.69, 9.17) is 11.5 Å². The fourth-order valence-corrected chi connectivity index (χ4v) is 1.56. The highest BCUT2D eigenvalue weighted by Crippen LogP contribution is 2.17. The maximum atomic E-state index is 13.6. The molecule has 1 rings (SSSR count). The Labute approximate surface area is 109 Å². The number of halogens is 2. The number of carbonyl (C=O) groups excluding carboxylic acids is 2. The minimum atomic E-state index is -1.04. The first-order valence-corrected chi connectivity index (χ1v) is 5.58. The summed E-state index contributed by atoms with van der Waals surface area (Å²) in [5.41, 5.74) is 9.29. The fraction of sp³-hybridized carbons (Fsp3) is 0.333. The van der Waals surface area contributed by atoms with Crippen LogP contribution in [0.5, 0.6) is 0 Å². The molecule has 2 amide bonds. The Hall–Kier alpha value is -2.18. The van der Waals surface area contributed by atoms with E-state index in [1.807, 2.05) is 0 Å². The number of benzene rings is 1.